The van der Waals surface area contributed by atoms with E-state index in [0.717, 1.165) is 42.6 Å². The van der Waals surface area contributed by atoms with Crippen LogP contribution < -0.4 is 11.1 Å². The zero-order chi connectivity index (χ0) is 17.4. The number of rotatable bonds is 3. The molecule has 1 atom stereocenters. The normalized spacial score (nSPS) is 18.5. The summed E-state index contributed by atoms with van der Waals surface area (Å²) in [5.41, 5.74) is 8.31. The van der Waals surface area contributed by atoms with Gasteiger partial charge in [-0.05, 0) is 49.1 Å². The fourth-order valence-corrected chi connectivity index (χ4v) is 3.32. The highest BCUT2D eigenvalue weighted by Gasteiger charge is 2.15. The first-order valence-electron chi connectivity index (χ1n) is 8.73. The molecule has 1 fully saturated rings. The maximum atomic E-state index is 11.6. The molecule has 2 heterocycles. The highest BCUT2D eigenvalue weighted by Crippen LogP contribution is 2.25. The van der Waals surface area contributed by atoms with E-state index >= 15 is 0 Å². The predicted octanol–water partition coefficient (Wildman–Crippen LogP) is 2.59. The molecule has 0 bridgehead atoms. The van der Waals surface area contributed by atoms with Crippen molar-refractivity contribution < 1.29 is 6.17 Å². The van der Waals surface area contributed by atoms with Gasteiger partial charge in [0.25, 0.3) is 5.91 Å². The Kier molecular flexibility index (Phi) is 3.49. The lowest BCUT2D eigenvalue weighted by molar-refractivity contribution is 0.100. The van der Waals surface area contributed by atoms with Crippen LogP contribution in [0.1, 0.15) is 36.1 Å². The van der Waals surface area contributed by atoms with Crippen molar-refractivity contribution in [2.75, 3.05) is 13.1 Å². The van der Waals surface area contributed by atoms with Crippen LogP contribution in [0.4, 0.5) is 0 Å². The maximum Gasteiger partial charge on any atom is 0.250 e. The van der Waals surface area contributed by atoms with Crippen molar-refractivity contribution in [1.82, 2.24) is 15.1 Å². The molecule has 2 aromatic carbocycles. The van der Waals surface area contributed by atoms with Crippen molar-refractivity contribution in [3.05, 3.63) is 59.8 Å². The van der Waals surface area contributed by atoms with Crippen LogP contribution in [0.25, 0.3) is 16.6 Å². The van der Waals surface area contributed by atoms with Gasteiger partial charge in [0.1, 0.15) is 5.52 Å². The third kappa shape index (κ3) is 2.67. The maximum absolute atomic E-state index is 11.6. The highest BCUT2D eigenvalue weighted by molar-refractivity contribution is 6.04. The number of carbonyl (C=O) groups is 1. The number of piperidine rings is 1. The Hall–Kier alpha value is -2.66. The number of aromatic nitrogens is 2. The second-order valence-corrected chi connectivity index (χ2v) is 6.23. The van der Waals surface area contributed by atoms with E-state index in [1.165, 1.54) is 0 Å². The minimum atomic E-state index is -0.489. The summed E-state index contributed by atoms with van der Waals surface area (Å²) in [4.78, 5) is 11.6. The molecular weight excluding hydrogens is 300 g/mol. The number of fused-ring (bicyclic) bond motifs is 1. The van der Waals surface area contributed by atoms with Gasteiger partial charge in [-0.25, -0.2) is 4.68 Å². The molecule has 1 aromatic heterocycles. The summed E-state index contributed by atoms with van der Waals surface area (Å²) < 4.78 is 10.1. The van der Waals surface area contributed by atoms with Gasteiger partial charge in [-0.3, -0.25) is 4.79 Å². The van der Waals surface area contributed by atoms with E-state index in [-0.39, 0.29) is 0 Å². The third-order valence-electron chi connectivity index (χ3n) is 4.62. The van der Waals surface area contributed by atoms with Crippen LogP contribution in [0.5, 0.6) is 0 Å². The molecule has 4 rings (SSSR count). The van der Waals surface area contributed by atoms with Crippen molar-refractivity contribution in [3.63, 3.8) is 0 Å². The Morgan fingerprint density at radius 2 is 2.25 bits per heavy atom. The van der Waals surface area contributed by atoms with E-state index in [9.17, 15) is 4.79 Å². The number of hydrogen-bond donors (Lipinski definition) is 2. The Bertz CT molecular complexity index is 944. The van der Waals surface area contributed by atoms with Gasteiger partial charge in [-0.2, -0.15) is 5.10 Å². The van der Waals surface area contributed by atoms with E-state index in [4.69, 9.17) is 7.10 Å². The minimum absolute atomic E-state index is 0.397. The summed E-state index contributed by atoms with van der Waals surface area (Å²) in [5, 5.41) is 8.75. The number of primary amides is 1. The molecule has 1 aliphatic rings. The van der Waals surface area contributed by atoms with Gasteiger partial charge < -0.3 is 11.1 Å². The van der Waals surface area contributed by atoms with E-state index in [0.29, 0.717) is 23.0 Å². The van der Waals surface area contributed by atoms with Gasteiger partial charge in [-0.15, -0.1) is 0 Å². The molecule has 1 unspecified atom stereocenters. The molecule has 1 aliphatic heterocycles. The lowest BCUT2D eigenvalue weighted by atomic mass is 9.92. The molecule has 122 valence electrons. The van der Waals surface area contributed by atoms with Gasteiger partial charge in [-0.1, -0.05) is 24.2 Å². The zero-order valence-electron chi connectivity index (χ0n) is 14.3. The van der Waals surface area contributed by atoms with Crippen molar-refractivity contribution in [3.8, 4) is 5.69 Å². The molecular formula is C19H20N4O. The van der Waals surface area contributed by atoms with Crippen LogP contribution >= 0.6 is 0 Å². The summed E-state index contributed by atoms with van der Waals surface area (Å²) in [6.45, 7) is 1.99. The number of nitrogens with two attached hydrogens (primary N) is 1. The summed E-state index contributed by atoms with van der Waals surface area (Å²) in [6, 6.07) is 11.7. The van der Waals surface area contributed by atoms with Gasteiger partial charge >= 0.3 is 0 Å². The first-order valence-corrected chi connectivity index (χ1v) is 8.23. The molecule has 0 aliphatic carbocycles. The molecule has 0 saturated carbocycles. The fourth-order valence-electron chi connectivity index (χ4n) is 3.32. The molecule has 24 heavy (non-hydrogen) atoms. The van der Waals surface area contributed by atoms with Crippen molar-refractivity contribution in [2.45, 2.75) is 18.8 Å². The van der Waals surface area contributed by atoms with Crippen LogP contribution in [-0.2, 0) is 0 Å². The first kappa shape index (κ1) is 13.7. The standard InChI is InChI=1S/C19H20N4O/c20-19(24)17-5-1-3-15-12-23(22-18(15)17)16-8-6-13(7-9-16)14-4-2-10-21-11-14/h1,3,5-9,12,14,21H,2,4,10-11H2,(H2,20,24)/i6D. The molecule has 1 saturated heterocycles. The van der Waals surface area contributed by atoms with Crippen LogP contribution in [0, 0.1) is 0 Å². The van der Waals surface area contributed by atoms with E-state index in [1.807, 2.05) is 30.5 Å². The number of nitrogens with zero attached hydrogens (tertiary/aromatic N) is 2. The highest BCUT2D eigenvalue weighted by atomic mass is 16.1. The van der Waals surface area contributed by atoms with Crippen molar-refractivity contribution >= 4 is 16.8 Å². The third-order valence-corrected chi connectivity index (χ3v) is 4.62. The Labute approximate surface area is 141 Å². The second kappa shape index (κ2) is 6.09. The van der Waals surface area contributed by atoms with Gasteiger partial charge in [0.2, 0.25) is 0 Å². The van der Waals surface area contributed by atoms with E-state index in [2.05, 4.69) is 10.4 Å². The lowest BCUT2D eigenvalue weighted by Crippen LogP contribution is -2.28. The van der Waals surface area contributed by atoms with Crippen LogP contribution in [-0.4, -0.2) is 28.8 Å². The van der Waals surface area contributed by atoms with Gasteiger partial charge in [0, 0.05) is 18.1 Å². The average molecular weight is 321 g/mol. The molecule has 0 spiro atoms. The van der Waals surface area contributed by atoms with Crippen LogP contribution in [0.3, 0.4) is 0 Å². The topological polar surface area (TPSA) is 72.9 Å². The fraction of sp³-hybridized carbons (Fsp3) is 0.263. The van der Waals surface area contributed by atoms with Crippen LogP contribution in [0.2, 0.25) is 0 Å². The monoisotopic (exact) mass is 321 g/mol. The first-order chi connectivity index (χ1) is 12.1. The Balaban J connectivity index is 1.72. The molecule has 1 amide bonds. The van der Waals surface area contributed by atoms with Crippen molar-refractivity contribution in [2.24, 2.45) is 5.73 Å². The van der Waals surface area contributed by atoms with Gasteiger partial charge in [0.05, 0.1) is 12.6 Å². The Morgan fingerprint density at radius 1 is 1.33 bits per heavy atom. The number of amides is 1. The summed E-state index contributed by atoms with van der Waals surface area (Å²) in [5.74, 6) is -0.0920. The SMILES string of the molecule is [2H]c1cc(-n2cc3cccc(C(N)=O)c3n2)ccc1C1CCCNC1. The minimum Gasteiger partial charge on any atom is -0.366 e. The number of benzene rings is 2. The summed E-state index contributed by atoms with van der Waals surface area (Å²) in [7, 11) is 0. The van der Waals surface area contributed by atoms with E-state index < -0.39 is 5.91 Å². The molecule has 3 N–H and O–H groups in total. The van der Waals surface area contributed by atoms with Crippen molar-refractivity contribution in [1.29, 1.82) is 0 Å². The molecule has 5 nitrogen and oxygen atoms in total. The molecule has 5 heteroatoms. The average Bonchev–Trinajstić information content (AvgIpc) is 3.06. The molecule has 3 aromatic rings. The predicted molar refractivity (Wildman–Crippen MR) is 94.4 cm³/mol. The van der Waals surface area contributed by atoms with Gasteiger partial charge in [0.15, 0.2) is 0 Å². The quantitative estimate of drug-likeness (QED) is 0.779. The number of carbonyl (C=O) groups excluding carboxylic acids is 1. The summed E-state index contributed by atoms with van der Waals surface area (Å²) >= 11 is 0. The summed E-state index contributed by atoms with van der Waals surface area (Å²) in [6.07, 6.45) is 4.12. The Morgan fingerprint density at radius 3 is 3.00 bits per heavy atom. The number of nitrogens with one attached hydrogen (secondary N) is 1. The largest absolute Gasteiger partial charge is 0.366 e. The zero-order valence-corrected chi connectivity index (χ0v) is 13.3. The number of hydrogen-bond acceptors (Lipinski definition) is 3. The van der Waals surface area contributed by atoms with Crippen LogP contribution in [0.15, 0.2) is 48.6 Å². The lowest BCUT2D eigenvalue weighted by Gasteiger charge is -2.23. The van der Waals surface area contributed by atoms with E-state index in [1.54, 1.807) is 16.8 Å². The second-order valence-electron chi connectivity index (χ2n) is 6.23. The molecule has 0 radical (unpaired) electrons. The smallest absolute Gasteiger partial charge is 0.250 e.